The van der Waals surface area contributed by atoms with Crippen molar-refractivity contribution < 1.29 is 9.59 Å². The second kappa shape index (κ2) is 6.73. The Morgan fingerprint density at radius 3 is 2.81 bits per heavy atom. The molecule has 140 valence electrons. The van der Waals surface area contributed by atoms with Gasteiger partial charge in [0.1, 0.15) is 10.4 Å². The number of hydrogen-bond acceptors (Lipinski definition) is 6. The SMILES string of the molecule is Cc1ncsc1C(=O)N1CCC[C@@H]1c1ccnc2c(C(=O)N(C)C)cnn12. The molecule has 0 N–H and O–H groups in total. The number of aryl methyl sites for hydroxylation is 1. The summed E-state index contributed by atoms with van der Waals surface area (Å²) in [6.07, 6.45) is 4.99. The molecule has 3 aromatic heterocycles. The van der Waals surface area contributed by atoms with E-state index < -0.39 is 0 Å². The zero-order chi connectivity index (χ0) is 19.1. The Morgan fingerprint density at radius 2 is 2.11 bits per heavy atom. The predicted octanol–water partition coefficient (Wildman–Crippen LogP) is 2.17. The van der Waals surface area contributed by atoms with Crippen molar-refractivity contribution in [2.75, 3.05) is 20.6 Å². The summed E-state index contributed by atoms with van der Waals surface area (Å²) in [6.45, 7) is 2.54. The number of nitrogens with zero attached hydrogens (tertiary/aromatic N) is 6. The summed E-state index contributed by atoms with van der Waals surface area (Å²) < 4.78 is 1.69. The maximum absolute atomic E-state index is 13.0. The third kappa shape index (κ3) is 2.87. The standard InChI is InChI=1S/C18H20N6O2S/c1-11-15(27-10-20-11)18(26)23-8-4-5-13(23)14-6-7-19-16-12(9-21-24(14)16)17(25)22(2)3/h6-7,9-10,13H,4-5,8H2,1-3H3/t13-/m1/s1. The van der Waals surface area contributed by atoms with Crippen molar-refractivity contribution in [1.29, 1.82) is 0 Å². The molecule has 0 unspecified atom stereocenters. The van der Waals surface area contributed by atoms with Crippen LogP contribution in [0.5, 0.6) is 0 Å². The Balaban J connectivity index is 1.74. The summed E-state index contributed by atoms with van der Waals surface area (Å²) in [4.78, 5) is 38.0. The lowest BCUT2D eigenvalue weighted by atomic mass is 10.1. The number of aromatic nitrogens is 4. The third-order valence-corrected chi connectivity index (χ3v) is 5.78. The van der Waals surface area contributed by atoms with Crippen molar-refractivity contribution >= 4 is 28.8 Å². The monoisotopic (exact) mass is 384 g/mol. The first-order valence-corrected chi connectivity index (χ1v) is 9.62. The van der Waals surface area contributed by atoms with Gasteiger partial charge in [0.15, 0.2) is 5.65 Å². The van der Waals surface area contributed by atoms with Crippen LogP contribution < -0.4 is 0 Å². The van der Waals surface area contributed by atoms with Gasteiger partial charge >= 0.3 is 0 Å². The number of hydrogen-bond donors (Lipinski definition) is 0. The molecule has 1 aliphatic heterocycles. The zero-order valence-corrected chi connectivity index (χ0v) is 16.2. The van der Waals surface area contributed by atoms with Crippen LogP contribution in [0.4, 0.5) is 0 Å². The van der Waals surface area contributed by atoms with E-state index in [0.29, 0.717) is 22.6 Å². The van der Waals surface area contributed by atoms with E-state index in [0.717, 1.165) is 24.2 Å². The lowest BCUT2D eigenvalue weighted by Gasteiger charge is -2.25. The molecule has 2 amide bonds. The quantitative estimate of drug-likeness (QED) is 0.691. The molecule has 1 fully saturated rings. The first kappa shape index (κ1) is 17.6. The summed E-state index contributed by atoms with van der Waals surface area (Å²) in [5.41, 5.74) is 4.29. The zero-order valence-electron chi connectivity index (χ0n) is 15.4. The fraction of sp³-hybridized carbons (Fsp3) is 0.389. The fourth-order valence-corrected chi connectivity index (χ4v) is 4.27. The number of likely N-dealkylation sites (tertiary alicyclic amines) is 1. The highest BCUT2D eigenvalue weighted by Crippen LogP contribution is 2.34. The molecule has 4 rings (SSSR count). The van der Waals surface area contributed by atoms with E-state index in [1.165, 1.54) is 16.2 Å². The van der Waals surface area contributed by atoms with Crippen molar-refractivity contribution in [2.45, 2.75) is 25.8 Å². The molecule has 1 atom stereocenters. The van der Waals surface area contributed by atoms with Crippen molar-refractivity contribution in [3.8, 4) is 0 Å². The second-order valence-corrected chi connectivity index (χ2v) is 7.64. The normalized spacial score (nSPS) is 16.9. The first-order chi connectivity index (χ1) is 13.0. The Labute approximate surface area is 160 Å². The maximum Gasteiger partial charge on any atom is 0.266 e. The van der Waals surface area contributed by atoms with E-state index in [2.05, 4.69) is 15.1 Å². The fourth-order valence-electron chi connectivity index (χ4n) is 3.51. The van der Waals surface area contributed by atoms with Crippen LogP contribution in [0.25, 0.3) is 5.65 Å². The van der Waals surface area contributed by atoms with Crippen LogP contribution in [-0.2, 0) is 0 Å². The third-order valence-electron chi connectivity index (χ3n) is 4.86. The van der Waals surface area contributed by atoms with Gasteiger partial charge < -0.3 is 9.80 Å². The van der Waals surface area contributed by atoms with Crippen LogP contribution in [0.3, 0.4) is 0 Å². The molecule has 4 heterocycles. The Kier molecular flexibility index (Phi) is 4.39. The second-order valence-electron chi connectivity index (χ2n) is 6.79. The number of thiazole rings is 1. The van der Waals surface area contributed by atoms with Gasteiger partial charge in [0, 0.05) is 26.8 Å². The van der Waals surface area contributed by atoms with E-state index in [1.54, 1.807) is 36.5 Å². The van der Waals surface area contributed by atoms with E-state index in [4.69, 9.17) is 0 Å². The van der Waals surface area contributed by atoms with Crippen LogP contribution in [0.15, 0.2) is 24.0 Å². The highest BCUT2D eigenvalue weighted by molar-refractivity contribution is 7.11. The first-order valence-electron chi connectivity index (χ1n) is 8.74. The molecule has 0 radical (unpaired) electrons. The minimum atomic E-state index is -0.144. The minimum Gasteiger partial charge on any atom is -0.345 e. The highest BCUT2D eigenvalue weighted by atomic mass is 32.1. The van der Waals surface area contributed by atoms with Crippen molar-refractivity contribution in [3.05, 3.63) is 45.8 Å². The summed E-state index contributed by atoms with van der Waals surface area (Å²) in [6, 6.07) is 1.77. The number of amides is 2. The van der Waals surface area contributed by atoms with E-state index in [1.807, 2.05) is 17.9 Å². The summed E-state index contributed by atoms with van der Waals surface area (Å²) in [5, 5.41) is 4.40. The molecular weight excluding hydrogens is 364 g/mol. The highest BCUT2D eigenvalue weighted by Gasteiger charge is 2.34. The van der Waals surface area contributed by atoms with Gasteiger partial charge in [0.05, 0.1) is 29.1 Å². The van der Waals surface area contributed by atoms with Crippen LogP contribution in [-0.4, -0.2) is 61.8 Å². The topological polar surface area (TPSA) is 83.7 Å². The predicted molar refractivity (Wildman–Crippen MR) is 101 cm³/mol. The Bertz CT molecular complexity index is 1020. The molecule has 3 aromatic rings. The van der Waals surface area contributed by atoms with E-state index >= 15 is 0 Å². The van der Waals surface area contributed by atoms with Gasteiger partial charge in [0.25, 0.3) is 11.8 Å². The molecule has 0 aliphatic carbocycles. The van der Waals surface area contributed by atoms with Gasteiger partial charge in [-0.3, -0.25) is 9.59 Å². The Morgan fingerprint density at radius 1 is 1.30 bits per heavy atom. The number of rotatable bonds is 3. The van der Waals surface area contributed by atoms with Crippen molar-refractivity contribution in [1.82, 2.24) is 29.4 Å². The van der Waals surface area contributed by atoms with Gasteiger partial charge in [-0.1, -0.05) is 0 Å². The molecule has 1 saturated heterocycles. The maximum atomic E-state index is 13.0. The van der Waals surface area contributed by atoms with Gasteiger partial charge in [-0.25, -0.2) is 14.5 Å². The molecule has 0 spiro atoms. The lowest BCUT2D eigenvalue weighted by molar-refractivity contribution is 0.0734. The molecule has 9 heteroatoms. The molecule has 1 aliphatic rings. The smallest absolute Gasteiger partial charge is 0.266 e. The van der Waals surface area contributed by atoms with Gasteiger partial charge in [-0.2, -0.15) is 5.10 Å². The average Bonchev–Trinajstić information content (AvgIpc) is 3.39. The molecule has 0 aromatic carbocycles. The minimum absolute atomic E-state index is 0.000732. The van der Waals surface area contributed by atoms with Crippen LogP contribution in [0.1, 0.15) is 50.3 Å². The Hall–Kier alpha value is -2.81. The number of carbonyl (C=O) groups is 2. The van der Waals surface area contributed by atoms with Crippen LogP contribution in [0.2, 0.25) is 0 Å². The summed E-state index contributed by atoms with van der Waals surface area (Å²) >= 11 is 1.37. The molecule has 0 bridgehead atoms. The van der Waals surface area contributed by atoms with E-state index in [-0.39, 0.29) is 17.9 Å². The average molecular weight is 384 g/mol. The molecule has 8 nitrogen and oxygen atoms in total. The molecule has 27 heavy (non-hydrogen) atoms. The van der Waals surface area contributed by atoms with Gasteiger partial charge in [0.2, 0.25) is 0 Å². The van der Waals surface area contributed by atoms with Crippen molar-refractivity contribution in [2.24, 2.45) is 0 Å². The molecule has 0 saturated carbocycles. The largest absolute Gasteiger partial charge is 0.345 e. The van der Waals surface area contributed by atoms with Crippen LogP contribution in [0, 0.1) is 6.92 Å². The van der Waals surface area contributed by atoms with Crippen LogP contribution >= 0.6 is 11.3 Å². The number of fused-ring (bicyclic) bond motifs is 1. The molecular formula is C18H20N6O2S. The summed E-state index contributed by atoms with van der Waals surface area (Å²) in [7, 11) is 3.40. The van der Waals surface area contributed by atoms with Gasteiger partial charge in [-0.05, 0) is 25.8 Å². The number of carbonyl (C=O) groups excluding carboxylic acids is 2. The lowest BCUT2D eigenvalue weighted by Crippen LogP contribution is -2.31. The van der Waals surface area contributed by atoms with Crippen molar-refractivity contribution in [3.63, 3.8) is 0 Å². The van der Waals surface area contributed by atoms with E-state index in [9.17, 15) is 9.59 Å². The summed E-state index contributed by atoms with van der Waals surface area (Å²) in [5.74, 6) is -0.145. The van der Waals surface area contributed by atoms with Gasteiger partial charge in [-0.15, -0.1) is 11.3 Å².